The molecular weight excluding hydrogens is 249 g/mol. The van der Waals surface area contributed by atoms with Gasteiger partial charge in [-0.15, -0.1) is 0 Å². The van der Waals surface area contributed by atoms with E-state index < -0.39 is 17.3 Å². The van der Waals surface area contributed by atoms with Crippen molar-refractivity contribution >= 4 is 17.5 Å². The summed E-state index contributed by atoms with van der Waals surface area (Å²) in [6.45, 7) is 3.48. The number of halogens is 1. The molecule has 19 heavy (non-hydrogen) atoms. The maximum absolute atomic E-state index is 13.3. The monoisotopic (exact) mass is 267 g/mol. The Labute approximate surface area is 111 Å². The van der Waals surface area contributed by atoms with Crippen LogP contribution in [0.1, 0.15) is 20.3 Å². The summed E-state index contributed by atoms with van der Waals surface area (Å²) >= 11 is 0. The minimum atomic E-state index is -0.585. The van der Waals surface area contributed by atoms with Crippen LogP contribution in [0.2, 0.25) is 0 Å². The number of hydrogen-bond donors (Lipinski definition) is 3. The van der Waals surface area contributed by atoms with Crippen molar-refractivity contribution in [1.29, 1.82) is 0 Å². The number of nitrogens with one attached hydrogen (secondary N) is 2. The smallest absolute Gasteiger partial charge is 0.238 e. The van der Waals surface area contributed by atoms with Gasteiger partial charge in [0, 0.05) is 12.0 Å². The Morgan fingerprint density at radius 2 is 1.95 bits per heavy atom. The van der Waals surface area contributed by atoms with E-state index in [0.717, 1.165) is 0 Å². The van der Waals surface area contributed by atoms with Crippen molar-refractivity contribution in [2.24, 2.45) is 5.73 Å². The molecule has 4 N–H and O–H groups in total. The molecule has 0 unspecified atom stereocenters. The van der Waals surface area contributed by atoms with E-state index in [1.807, 2.05) is 0 Å². The molecule has 0 atom stereocenters. The van der Waals surface area contributed by atoms with Crippen molar-refractivity contribution in [2.45, 2.75) is 25.8 Å². The lowest BCUT2D eigenvalue weighted by atomic mass is 10.0. The number of nitrogens with two attached hydrogens (primary N) is 1. The molecule has 0 aliphatic rings. The molecule has 0 bridgehead atoms. The first-order valence-electron chi connectivity index (χ1n) is 5.88. The Hall–Kier alpha value is -1.95. The molecule has 0 aliphatic carbocycles. The van der Waals surface area contributed by atoms with Gasteiger partial charge in [-0.2, -0.15) is 0 Å². The summed E-state index contributed by atoms with van der Waals surface area (Å²) in [5.41, 5.74) is 4.64. The van der Waals surface area contributed by atoms with Crippen LogP contribution in [-0.4, -0.2) is 23.9 Å². The average Bonchev–Trinajstić information content (AvgIpc) is 2.28. The third-order valence-electron chi connectivity index (χ3n) is 2.49. The molecule has 1 aromatic rings. The molecule has 6 heteroatoms. The van der Waals surface area contributed by atoms with Crippen molar-refractivity contribution in [3.8, 4) is 0 Å². The van der Waals surface area contributed by atoms with Gasteiger partial charge in [-0.3, -0.25) is 9.59 Å². The second kappa shape index (κ2) is 6.29. The molecule has 0 aliphatic heterocycles. The van der Waals surface area contributed by atoms with Gasteiger partial charge in [0.2, 0.25) is 11.8 Å². The van der Waals surface area contributed by atoms with Gasteiger partial charge in [0.1, 0.15) is 5.82 Å². The summed E-state index contributed by atoms with van der Waals surface area (Å²) in [6.07, 6.45) is 0.111. The molecule has 5 nitrogen and oxygen atoms in total. The van der Waals surface area contributed by atoms with Gasteiger partial charge in [0.15, 0.2) is 0 Å². The molecule has 0 spiro atoms. The average molecular weight is 267 g/mol. The summed E-state index contributed by atoms with van der Waals surface area (Å²) in [6, 6.07) is 5.91. The van der Waals surface area contributed by atoms with Gasteiger partial charge in [-0.1, -0.05) is 12.1 Å². The van der Waals surface area contributed by atoms with Crippen LogP contribution < -0.4 is 16.4 Å². The molecule has 0 saturated carbocycles. The van der Waals surface area contributed by atoms with Crippen LogP contribution in [0.15, 0.2) is 24.3 Å². The summed E-state index contributed by atoms with van der Waals surface area (Å²) in [7, 11) is 0. The predicted molar refractivity (Wildman–Crippen MR) is 70.9 cm³/mol. The molecule has 0 saturated heterocycles. The maximum atomic E-state index is 13.3. The Morgan fingerprint density at radius 3 is 2.53 bits per heavy atom. The number of anilines is 1. The van der Waals surface area contributed by atoms with Crippen molar-refractivity contribution in [3.05, 3.63) is 30.1 Å². The van der Waals surface area contributed by atoms with Crippen LogP contribution in [0.4, 0.5) is 10.1 Å². The minimum Gasteiger partial charge on any atom is -0.370 e. The van der Waals surface area contributed by atoms with Crippen molar-refractivity contribution in [1.82, 2.24) is 5.32 Å². The molecular formula is C13H18FN3O2. The molecule has 2 amide bonds. The van der Waals surface area contributed by atoms with Crippen LogP contribution in [0, 0.1) is 5.82 Å². The highest BCUT2D eigenvalue weighted by atomic mass is 19.1. The second-order valence-electron chi connectivity index (χ2n) is 4.91. The van der Waals surface area contributed by atoms with E-state index in [1.165, 1.54) is 12.1 Å². The van der Waals surface area contributed by atoms with Gasteiger partial charge in [-0.05, 0) is 26.0 Å². The fourth-order valence-electron chi connectivity index (χ4n) is 1.57. The molecule has 104 valence electrons. The molecule has 0 radical (unpaired) electrons. The summed E-state index contributed by atoms with van der Waals surface area (Å²) < 4.78 is 13.3. The van der Waals surface area contributed by atoms with Crippen LogP contribution >= 0.6 is 0 Å². The highest BCUT2D eigenvalue weighted by molar-refractivity contribution is 5.92. The third kappa shape index (κ3) is 5.48. The molecule has 0 aromatic heterocycles. The first-order chi connectivity index (χ1) is 8.80. The van der Waals surface area contributed by atoms with Gasteiger partial charge >= 0.3 is 0 Å². The third-order valence-corrected chi connectivity index (χ3v) is 2.49. The summed E-state index contributed by atoms with van der Waals surface area (Å²) in [4.78, 5) is 22.5. The number of rotatable bonds is 6. The highest BCUT2D eigenvalue weighted by Crippen LogP contribution is 2.12. The van der Waals surface area contributed by atoms with E-state index in [-0.39, 0.29) is 24.6 Å². The normalized spacial score (nSPS) is 11.1. The zero-order valence-corrected chi connectivity index (χ0v) is 11.0. The topological polar surface area (TPSA) is 84.2 Å². The van der Waals surface area contributed by atoms with Crippen LogP contribution in [-0.2, 0) is 9.59 Å². The lowest BCUT2D eigenvalue weighted by Crippen LogP contribution is -2.46. The van der Waals surface area contributed by atoms with Crippen LogP contribution in [0.5, 0.6) is 0 Å². The van der Waals surface area contributed by atoms with Crippen LogP contribution in [0.3, 0.4) is 0 Å². The Balaban J connectivity index is 2.49. The quantitative estimate of drug-likeness (QED) is 0.719. The summed E-state index contributed by atoms with van der Waals surface area (Å²) in [5.74, 6) is -1.33. The highest BCUT2D eigenvalue weighted by Gasteiger charge is 2.21. The molecule has 1 aromatic carbocycles. The number of carbonyl (C=O) groups is 2. The Kier molecular flexibility index (Phi) is 5.00. The largest absolute Gasteiger partial charge is 0.370 e. The fourth-order valence-corrected chi connectivity index (χ4v) is 1.57. The molecule has 1 rings (SSSR count). The number of para-hydroxylation sites is 1. The predicted octanol–water partition coefficient (Wildman–Crippen LogP) is 1.01. The first-order valence-corrected chi connectivity index (χ1v) is 5.88. The first kappa shape index (κ1) is 15.1. The fraction of sp³-hybridized carbons (Fsp3) is 0.385. The van der Waals surface area contributed by atoms with Gasteiger partial charge in [0.25, 0.3) is 0 Å². The van der Waals surface area contributed by atoms with E-state index in [0.29, 0.717) is 0 Å². The number of benzene rings is 1. The van der Waals surface area contributed by atoms with E-state index >= 15 is 0 Å². The second-order valence-corrected chi connectivity index (χ2v) is 4.91. The Bertz CT molecular complexity index is 475. The lowest BCUT2D eigenvalue weighted by molar-refractivity contribution is -0.120. The van der Waals surface area contributed by atoms with Gasteiger partial charge < -0.3 is 16.4 Å². The zero-order chi connectivity index (χ0) is 14.5. The number of primary amides is 1. The van der Waals surface area contributed by atoms with Crippen molar-refractivity contribution in [2.75, 3.05) is 11.9 Å². The summed E-state index contributed by atoms with van der Waals surface area (Å²) in [5, 5.41) is 5.34. The van der Waals surface area contributed by atoms with E-state index in [1.54, 1.807) is 26.0 Å². The van der Waals surface area contributed by atoms with Gasteiger partial charge in [0.05, 0.1) is 12.2 Å². The molecule has 0 fully saturated rings. The number of amides is 2. The van der Waals surface area contributed by atoms with Crippen molar-refractivity contribution < 1.29 is 14.0 Å². The van der Waals surface area contributed by atoms with E-state index in [9.17, 15) is 14.0 Å². The van der Waals surface area contributed by atoms with Crippen LogP contribution in [0.25, 0.3) is 0 Å². The molecule has 0 heterocycles. The van der Waals surface area contributed by atoms with E-state index in [2.05, 4.69) is 10.6 Å². The standard InChI is InChI=1S/C13H18FN3O2/c1-13(2,7-11(15)18)16-8-12(19)17-10-6-4-3-5-9(10)14/h3-6,16H,7-8H2,1-2H3,(H2,15,18)(H,17,19). The SMILES string of the molecule is CC(C)(CC(N)=O)NCC(=O)Nc1ccccc1F. The Morgan fingerprint density at radius 1 is 1.32 bits per heavy atom. The lowest BCUT2D eigenvalue weighted by Gasteiger charge is -2.24. The zero-order valence-electron chi connectivity index (χ0n) is 11.0. The number of hydrogen-bond acceptors (Lipinski definition) is 3. The van der Waals surface area contributed by atoms with Crippen molar-refractivity contribution in [3.63, 3.8) is 0 Å². The van der Waals surface area contributed by atoms with Gasteiger partial charge in [-0.25, -0.2) is 4.39 Å². The number of carbonyl (C=O) groups excluding carboxylic acids is 2. The van der Waals surface area contributed by atoms with E-state index in [4.69, 9.17) is 5.73 Å². The maximum Gasteiger partial charge on any atom is 0.238 e. The minimum absolute atomic E-state index is 0.0331.